The fraction of sp³-hybridized carbons (Fsp3) is 0.238. The first-order valence-corrected chi connectivity index (χ1v) is 8.69. The Bertz CT molecular complexity index is 786. The maximum absolute atomic E-state index is 4.65. The normalized spacial score (nSPS) is 10.7. The minimum absolute atomic E-state index is 0.281. The van der Waals surface area contributed by atoms with E-state index in [2.05, 4.69) is 70.8 Å². The van der Waals surface area contributed by atoms with Crippen molar-refractivity contribution in [2.45, 2.75) is 26.3 Å². The van der Waals surface area contributed by atoms with E-state index >= 15 is 0 Å². The van der Waals surface area contributed by atoms with Gasteiger partial charge in [0, 0.05) is 24.2 Å². The molecule has 0 bridgehead atoms. The predicted octanol–water partition coefficient (Wildman–Crippen LogP) is 4.62. The number of hydrogen-bond donors (Lipinski definition) is 2. The molecule has 3 rings (SSSR count). The van der Waals surface area contributed by atoms with Gasteiger partial charge in [0.05, 0.1) is 5.69 Å². The summed E-state index contributed by atoms with van der Waals surface area (Å²) in [4.78, 5) is 9.24. The number of rotatable bonds is 7. The predicted molar refractivity (Wildman–Crippen MR) is 105 cm³/mol. The van der Waals surface area contributed by atoms with Crippen LogP contribution in [-0.2, 0) is 6.42 Å². The standard InChI is InChI=1S/C21H24N4/c1-16(2)23-21-24-19(18-11-7-4-8-12-18)15-20(25-21)22-14-13-17-9-5-3-6-10-17/h3-12,15-16H,13-14H2,1-2H3,(H2,22,23,24,25). The van der Waals surface area contributed by atoms with Crippen molar-refractivity contribution in [3.63, 3.8) is 0 Å². The first kappa shape index (κ1) is 17.0. The number of anilines is 2. The molecule has 0 amide bonds. The summed E-state index contributed by atoms with van der Waals surface area (Å²) in [7, 11) is 0. The SMILES string of the molecule is CC(C)Nc1nc(NCCc2ccccc2)cc(-c2ccccc2)n1. The summed E-state index contributed by atoms with van der Waals surface area (Å²) in [6.07, 6.45) is 0.957. The van der Waals surface area contributed by atoms with Crippen LogP contribution in [0.25, 0.3) is 11.3 Å². The summed E-state index contributed by atoms with van der Waals surface area (Å²) in [6.45, 7) is 5.00. The highest BCUT2D eigenvalue weighted by Crippen LogP contribution is 2.21. The molecule has 25 heavy (non-hydrogen) atoms. The highest BCUT2D eigenvalue weighted by molar-refractivity contribution is 5.64. The van der Waals surface area contributed by atoms with Crippen molar-refractivity contribution < 1.29 is 0 Å². The molecule has 1 aromatic heterocycles. The zero-order chi connectivity index (χ0) is 17.5. The number of aromatic nitrogens is 2. The Labute approximate surface area is 149 Å². The number of nitrogens with zero attached hydrogens (tertiary/aromatic N) is 2. The molecule has 0 radical (unpaired) electrons. The average molecular weight is 332 g/mol. The maximum Gasteiger partial charge on any atom is 0.225 e. The lowest BCUT2D eigenvalue weighted by molar-refractivity contribution is 0.874. The van der Waals surface area contributed by atoms with Gasteiger partial charge >= 0.3 is 0 Å². The molecule has 4 heteroatoms. The molecule has 2 N–H and O–H groups in total. The summed E-state index contributed by atoms with van der Waals surface area (Å²) >= 11 is 0. The largest absolute Gasteiger partial charge is 0.370 e. The Kier molecular flexibility index (Phi) is 5.62. The van der Waals surface area contributed by atoms with Crippen molar-refractivity contribution >= 4 is 11.8 Å². The van der Waals surface area contributed by atoms with Crippen LogP contribution >= 0.6 is 0 Å². The van der Waals surface area contributed by atoms with E-state index in [4.69, 9.17) is 0 Å². The van der Waals surface area contributed by atoms with Gasteiger partial charge in [0.1, 0.15) is 5.82 Å². The monoisotopic (exact) mass is 332 g/mol. The number of nitrogens with one attached hydrogen (secondary N) is 2. The fourth-order valence-corrected chi connectivity index (χ4v) is 2.60. The Morgan fingerprint density at radius 3 is 2.24 bits per heavy atom. The molecule has 0 saturated heterocycles. The Morgan fingerprint density at radius 1 is 0.880 bits per heavy atom. The molecule has 0 aliphatic rings. The van der Waals surface area contributed by atoms with Gasteiger partial charge in [-0.25, -0.2) is 4.98 Å². The van der Waals surface area contributed by atoms with E-state index < -0.39 is 0 Å². The minimum atomic E-state index is 0.281. The van der Waals surface area contributed by atoms with Crippen molar-refractivity contribution in [2.24, 2.45) is 0 Å². The third-order valence-corrected chi connectivity index (χ3v) is 3.78. The maximum atomic E-state index is 4.65. The Morgan fingerprint density at radius 2 is 1.56 bits per heavy atom. The molecule has 3 aromatic rings. The van der Waals surface area contributed by atoms with Gasteiger partial charge in [-0.05, 0) is 25.8 Å². The van der Waals surface area contributed by atoms with E-state index in [-0.39, 0.29) is 6.04 Å². The van der Waals surface area contributed by atoms with E-state index in [9.17, 15) is 0 Å². The first-order chi connectivity index (χ1) is 12.2. The van der Waals surface area contributed by atoms with Crippen LogP contribution in [-0.4, -0.2) is 22.6 Å². The van der Waals surface area contributed by atoms with Crippen LogP contribution in [0.2, 0.25) is 0 Å². The van der Waals surface area contributed by atoms with Crippen LogP contribution in [0.5, 0.6) is 0 Å². The van der Waals surface area contributed by atoms with Gasteiger partial charge in [-0.15, -0.1) is 0 Å². The summed E-state index contributed by atoms with van der Waals surface area (Å²) in [5, 5.41) is 6.73. The lowest BCUT2D eigenvalue weighted by Gasteiger charge is -2.13. The van der Waals surface area contributed by atoms with E-state index in [0.29, 0.717) is 5.95 Å². The van der Waals surface area contributed by atoms with Crippen LogP contribution in [0.15, 0.2) is 66.7 Å². The van der Waals surface area contributed by atoms with Gasteiger partial charge in [0.2, 0.25) is 5.95 Å². The summed E-state index contributed by atoms with van der Waals surface area (Å²) in [5.74, 6) is 1.49. The van der Waals surface area contributed by atoms with Gasteiger partial charge < -0.3 is 10.6 Å². The highest BCUT2D eigenvalue weighted by atomic mass is 15.1. The van der Waals surface area contributed by atoms with E-state index in [0.717, 1.165) is 30.0 Å². The smallest absolute Gasteiger partial charge is 0.225 e. The molecule has 0 aliphatic heterocycles. The molecule has 0 fully saturated rings. The van der Waals surface area contributed by atoms with Gasteiger partial charge in [-0.2, -0.15) is 4.98 Å². The Balaban J connectivity index is 1.77. The van der Waals surface area contributed by atoms with Crippen LogP contribution in [0.4, 0.5) is 11.8 Å². The molecule has 2 aromatic carbocycles. The molecule has 0 unspecified atom stereocenters. The molecular formula is C21H24N4. The van der Waals surface area contributed by atoms with Crippen molar-refractivity contribution in [1.29, 1.82) is 0 Å². The highest BCUT2D eigenvalue weighted by Gasteiger charge is 2.07. The van der Waals surface area contributed by atoms with Crippen LogP contribution < -0.4 is 10.6 Å². The van der Waals surface area contributed by atoms with Crippen molar-refractivity contribution in [2.75, 3.05) is 17.2 Å². The third-order valence-electron chi connectivity index (χ3n) is 3.78. The second kappa shape index (κ2) is 8.29. The molecule has 4 nitrogen and oxygen atoms in total. The fourth-order valence-electron chi connectivity index (χ4n) is 2.60. The molecule has 0 spiro atoms. The average Bonchev–Trinajstić information content (AvgIpc) is 2.63. The zero-order valence-corrected chi connectivity index (χ0v) is 14.7. The summed E-state index contributed by atoms with van der Waals surface area (Å²) < 4.78 is 0. The molecule has 128 valence electrons. The van der Waals surface area contributed by atoms with Crippen molar-refractivity contribution in [1.82, 2.24) is 9.97 Å². The van der Waals surface area contributed by atoms with Crippen LogP contribution in [0.1, 0.15) is 19.4 Å². The lowest BCUT2D eigenvalue weighted by atomic mass is 10.1. The minimum Gasteiger partial charge on any atom is -0.370 e. The third kappa shape index (κ3) is 5.05. The number of benzene rings is 2. The van der Waals surface area contributed by atoms with Gasteiger partial charge in [0.15, 0.2) is 0 Å². The van der Waals surface area contributed by atoms with Gasteiger partial charge in [-0.1, -0.05) is 60.7 Å². The van der Waals surface area contributed by atoms with Crippen molar-refractivity contribution in [3.8, 4) is 11.3 Å². The molecular weight excluding hydrogens is 308 g/mol. The van der Waals surface area contributed by atoms with Gasteiger partial charge in [0.25, 0.3) is 0 Å². The topological polar surface area (TPSA) is 49.8 Å². The quantitative estimate of drug-likeness (QED) is 0.663. The van der Waals surface area contributed by atoms with Crippen LogP contribution in [0.3, 0.4) is 0 Å². The zero-order valence-electron chi connectivity index (χ0n) is 14.7. The van der Waals surface area contributed by atoms with E-state index in [1.54, 1.807) is 0 Å². The molecule has 0 aliphatic carbocycles. The Hall–Kier alpha value is -2.88. The lowest BCUT2D eigenvalue weighted by Crippen LogP contribution is -2.14. The van der Waals surface area contributed by atoms with Gasteiger partial charge in [-0.3, -0.25) is 0 Å². The van der Waals surface area contributed by atoms with E-state index in [1.165, 1.54) is 5.56 Å². The van der Waals surface area contributed by atoms with Crippen molar-refractivity contribution in [3.05, 3.63) is 72.3 Å². The summed E-state index contributed by atoms with van der Waals surface area (Å²) in [5.41, 5.74) is 3.32. The first-order valence-electron chi connectivity index (χ1n) is 8.69. The van der Waals surface area contributed by atoms with Crippen LogP contribution in [0, 0.1) is 0 Å². The second-order valence-corrected chi connectivity index (χ2v) is 6.29. The molecule has 0 saturated carbocycles. The number of hydrogen-bond acceptors (Lipinski definition) is 4. The second-order valence-electron chi connectivity index (χ2n) is 6.29. The molecule has 1 heterocycles. The molecule has 0 atom stereocenters. The summed E-state index contributed by atoms with van der Waals surface area (Å²) in [6, 6.07) is 22.9. The van der Waals surface area contributed by atoms with E-state index in [1.807, 2.05) is 30.3 Å².